The Morgan fingerprint density at radius 3 is 2.80 bits per heavy atom. The van der Waals surface area contributed by atoms with Gasteiger partial charge < -0.3 is 9.84 Å². The highest BCUT2D eigenvalue weighted by molar-refractivity contribution is 5.62. The zero-order valence-electron chi connectivity index (χ0n) is 6.14. The van der Waals surface area contributed by atoms with Gasteiger partial charge >= 0.3 is 0 Å². The average molecular weight is 138 g/mol. The first kappa shape index (κ1) is 6.86. The predicted molar refractivity (Wildman–Crippen MR) is 40.9 cm³/mol. The first-order valence-corrected chi connectivity index (χ1v) is 3.06. The molecule has 0 saturated carbocycles. The Kier molecular flexibility index (Phi) is 1.76. The van der Waals surface area contributed by atoms with Crippen molar-refractivity contribution in [2.75, 3.05) is 12.4 Å². The summed E-state index contributed by atoms with van der Waals surface area (Å²) in [6, 6.07) is 0. The molecule has 1 rings (SSSR count). The zero-order valence-corrected chi connectivity index (χ0v) is 6.14. The fourth-order valence-corrected chi connectivity index (χ4v) is 0.831. The minimum Gasteiger partial charge on any atom is -0.383 e. The summed E-state index contributed by atoms with van der Waals surface area (Å²) in [7, 11) is 1.83. The standard InChI is InChI=1S/C7H10N2O/c1-4-6-7(8-3)5(2)9-10-6/h4,8H,1H2,2-3H3. The fourth-order valence-electron chi connectivity index (χ4n) is 0.831. The molecule has 3 heteroatoms. The number of rotatable bonds is 2. The molecule has 0 radical (unpaired) electrons. The van der Waals surface area contributed by atoms with Crippen molar-refractivity contribution in [3.05, 3.63) is 18.0 Å². The summed E-state index contributed by atoms with van der Waals surface area (Å²) in [5, 5.41) is 6.72. The molecule has 0 aliphatic carbocycles. The van der Waals surface area contributed by atoms with Crippen molar-refractivity contribution in [2.45, 2.75) is 6.92 Å². The van der Waals surface area contributed by atoms with Gasteiger partial charge in [-0.3, -0.25) is 0 Å². The van der Waals surface area contributed by atoms with Crippen molar-refractivity contribution in [3.8, 4) is 0 Å². The smallest absolute Gasteiger partial charge is 0.182 e. The Labute approximate surface area is 59.7 Å². The summed E-state index contributed by atoms with van der Waals surface area (Å²) in [5.74, 6) is 0.694. The van der Waals surface area contributed by atoms with Crippen molar-refractivity contribution < 1.29 is 4.52 Å². The lowest BCUT2D eigenvalue weighted by molar-refractivity contribution is 0.408. The van der Waals surface area contributed by atoms with Crippen LogP contribution in [0.25, 0.3) is 6.08 Å². The molecule has 0 saturated heterocycles. The van der Waals surface area contributed by atoms with E-state index in [9.17, 15) is 0 Å². The molecule has 0 amide bonds. The van der Waals surface area contributed by atoms with Gasteiger partial charge in [0.05, 0.1) is 0 Å². The molecule has 0 atom stereocenters. The van der Waals surface area contributed by atoms with Crippen molar-refractivity contribution in [2.24, 2.45) is 0 Å². The Balaban J connectivity index is 3.12. The number of anilines is 1. The first-order chi connectivity index (χ1) is 4.79. The van der Waals surface area contributed by atoms with Gasteiger partial charge in [-0.1, -0.05) is 11.7 Å². The van der Waals surface area contributed by atoms with E-state index in [1.54, 1.807) is 6.08 Å². The lowest BCUT2D eigenvalue weighted by atomic mass is 10.3. The minimum atomic E-state index is 0.694. The van der Waals surface area contributed by atoms with E-state index < -0.39 is 0 Å². The van der Waals surface area contributed by atoms with E-state index in [-0.39, 0.29) is 0 Å². The van der Waals surface area contributed by atoms with Gasteiger partial charge in [-0.15, -0.1) is 0 Å². The van der Waals surface area contributed by atoms with Gasteiger partial charge in [-0.05, 0) is 13.0 Å². The van der Waals surface area contributed by atoms with Crippen molar-refractivity contribution in [1.29, 1.82) is 0 Å². The molecule has 10 heavy (non-hydrogen) atoms. The van der Waals surface area contributed by atoms with Crippen LogP contribution in [0, 0.1) is 6.92 Å². The second-order valence-electron chi connectivity index (χ2n) is 1.96. The van der Waals surface area contributed by atoms with Crippen LogP contribution in [-0.4, -0.2) is 12.2 Å². The van der Waals surface area contributed by atoms with E-state index >= 15 is 0 Å². The van der Waals surface area contributed by atoms with Crippen LogP contribution in [0.15, 0.2) is 11.1 Å². The van der Waals surface area contributed by atoms with E-state index in [0.717, 1.165) is 11.4 Å². The molecule has 54 valence electrons. The lowest BCUT2D eigenvalue weighted by Crippen LogP contribution is -1.89. The molecule has 1 N–H and O–H groups in total. The van der Waals surface area contributed by atoms with Crippen LogP contribution in [0.5, 0.6) is 0 Å². The first-order valence-electron chi connectivity index (χ1n) is 3.06. The summed E-state index contributed by atoms with van der Waals surface area (Å²) in [6.07, 6.45) is 1.63. The van der Waals surface area contributed by atoms with Crippen LogP contribution in [0.2, 0.25) is 0 Å². The third kappa shape index (κ3) is 0.900. The maximum atomic E-state index is 4.90. The number of aromatic nitrogens is 1. The SMILES string of the molecule is C=Cc1onc(C)c1NC. The quantitative estimate of drug-likeness (QED) is 0.675. The lowest BCUT2D eigenvalue weighted by Gasteiger charge is -1.93. The van der Waals surface area contributed by atoms with Gasteiger partial charge in [-0.25, -0.2) is 0 Å². The molecule has 0 fully saturated rings. The molecule has 3 nitrogen and oxygen atoms in total. The molecule has 0 spiro atoms. The molecule has 0 bridgehead atoms. The van der Waals surface area contributed by atoms with E-state index in [2.05, 4.69) is 17.1 Å². The van der Waals surface area contributed by atoms with Gasteiger partial charge in [-0.2, -0.15) is 0 Å². The number of hydrogen-bond acceptors (Lipinski definition) is 3. The topological polar surface area (TPSA) is 38.1 Å². The summed E-state index contributed by atoms with van der Waals surface area (Å²) < 4.78 is 4.90. The van der Waals surface area contributed by atoms with E-state index in [0.29, 0.717) is 5.76 Å². The van der Waals surface area contributed by atoms with E-state index in [1.807, 2.05) is 14.0 Å². The normalized spacial score (nSPS) is 9.40. The van der Waals surface area contributed by atoms with Gasteiger partial charge in [0.15, 0.2) is 5.76 Å². The summed E-state index contributed by atoms with van der Waals surface area (Å²) >= 11 is 0. The molecule has 1 aromatic heterocycles. The van der Waals surface area contributed by atoms with Crippen molar-refractivity contribution in [3.63, 3.8) is 0 Å². The molecular formula is C7H10N2O. The van der Waals surface area contributed by atoms with Crippen LogP contribution in [0.4, 0.5) is 5.69 Å². The van der Waals surface area contributed by atoms with Crippen molar-refractivity contribution >= 4 is 11.8 Å². The Hall–Kier alpha value is -1.25. The maximum Gasteiger partial charge on any atom is 0.182 e. The number of nitrogens with zero attached hydrogens (tertiary/aromatic N) is 1. The van der Waals surface area contributed by atoms with Gasteiger partial charge in [0.1, 0.15) is 11.4 Å². The van der Waals surface area contributed by atoms with Gasteiger partial charge in [0.2, 0.25) is 0 Å². The second kappa shape index (κ2) is 2.56. The number of aryl methyl sites for hydroxylation is 1. The molecule has 0 aromatic carbocycles. The largest absolute Gasteiger partial charge is 0.383 e. The zero-order chi connectivity index (χ0) is 7.56. The highest BCUT2D eigenvalue weighted by atomic mass is 16.5. The summed E-state index contributed by atoms with van der Waals surface area (Å²) in [4.78, 5) is 0. The Morgan fingerprint density at radius 2 is 2.40 bits per heavy atom. The molecular weight excluding hydrogens is 128 g/mol. The fraction of sp³-hybridized carbons (Fsp3) is 0.286. The van der Waals surface area contributed by atoms with Crippen LogP contribution in [0.3, 0.4) is 0 Å². The third-order valence-electron chi connectivity index (χ3n) is 1.32. The third-order valence-corrected chi connectivity index (χ3v) is 1.32. The Morgan fingerprint density at radius 1 is 1.70 bits per heavy atom. The van der Waals surface area contributed by atoms with Crippen molar-refractivity contribution in [1.82, 2.24) is 5.16 Å². The van der Waals surface area contributed by atoms with Gasteiger partial charge in [0.25, 0.3) is 0 Å². The number of nitrogens with one attached hydrogen (secondary N) is 1. The van der Waals surface area contributed by atoms with E-state index in [1.165, 1.54) is 0 Å². The number of hydrogen-bond donors (Lipinski definition) is 1. The van der Waals surface area contributed by atoms with Crippen LogP contribution in [0.1, 0.15) is 11.5 Å². The highest BCUT2D eigenvalue weighted by Crippen LogP contribution is 2.19. The highest BCUT2D eigenvalue weighted by Gasteiger charge is 2.06. The summed E-state index contributed by atoms with van der Waals surface area (Å²) in [5.41, 5.74) is 1.77. The van der Waals surface area contributed by atoms with Crippen LogP contribution < -0.4 is 5.32 Å². The minimum absolute atomic E-state index is 0.694. The molecule has 0 unspecified atom stereocenters. The predicted octanol–water partition coefficient (Wildman–Crippen LogP) is 1.67. The molecule has 0 aliphatic rings. The molecule has 1 heterocycles. The van der Waals surface area contributed by atoms with Crippen LogP contribution >= 0.6 is 0 Å². The average Bonchev–Trinajstić information content (AvgIpc) is 2.30. The maximum absolute atomic E-state index is 4.90. The van der Waals surface area contributed by atoms with Gasteiger partial charge in [0, 0.05) is 7.05 Å². The monoisotopic (exact) mass is 138 g/mol. The summed E-state index contributed by atoms with van der Waals surface area (Å²) in [6.45, 7) is 5.46. The molecule has 0 aliphatic heterocycles. The Bertz CT molecular complexity index is 240. The molecule has 1 aromatic rings. The van der Waals surface area contributed by atoms with Crippen LogP contribution in [-0.2, 0) is 0 Å². The second-order valence-corrected chi connectivity index (χ2v) is 1.96. The van der Waals surface area contributed by atoms with E-state index in [4.69, 9.17) is 4.52 Å².